The quantitative estimate of drug-likeness (QED) is 0.276. The van der Waals surface area contributed by atoms with Crippen molar-refractivity contribution in [1.82, 2.24) is 0 Å². The Labute approximate surface area is 76.8 Å². The molecule has 72 valence electrons. The van der Waals surface area contributed by atoms with Crippen LogP contribution < -0.4 is 17.2 Å². The van der Waals surface area contributed by atoms with Gasteiger partial charge < -0.3 is 22.3 Å². The smallest absolute Gasteiger partial charge is 0.148 e. The number of hydrogen-bond acceptors (Lipinski definition) is 4. The van der Waals surface area contributed by atoms with Gasteiger partial charge in [-0.3, -0.25) is 0 Å². The highest BCUT2D eigenvalue weighted by Gasteiger charge is 2.73. The standard InChI is InChI=1S/C9H15N3O/c10-8(11)6-4-1-2-5(3-4)7(6)9(8,12)13/h1-2,4-7,13H,3,10-12H2. The highest BCUT2D eigenvalue weighted by molar-refractivity contribution is 5.30. The third-order valence-corrected chi connectivity index (χ3v) is 4.21. The fourth-order valence-electron chi connectivity index (χ4n) is 3.53. The predicted molar refractivity (Wildman–Crippen MR) is 48.0 cm³/mol. The maximum Gasteiger partial charge on any atom is 0.148 e. The molecule has 0 aromatic heterocycles. The van der Waals surface area contributed by atoms with Crippen molar-refractivity contribution in [3.8, 4) is 0 Å². The molecule has 0 saturated heterocycles. The molecule has 2 fully saturated rings. The van der Waals surface area contributed by atoms with Crippen LogP contribution in [0.25, 0.3) is 0 Å². The first-order valence-corrected chi connectivity index (χ1v) is 4.73. The van der Waals surface area contributed by atoms with Crippen LogP contribution in [-0.4, -0.2) is 16.5 Å². The van der Waals surface area contributed by atoms with Gasteiger partial charge in [0, 0.05) is 11.8 Å². The summed E-state index contributed by atoms with van der Waals surface area (Å²) in [7, 11) is 0. The van der Waals surface area contributed by atoms with Crippen LogP contribution in [0.15, 0.2) is 12.2 Å². The molecule has 0 aromatic carbocycles. The van der Waals surface area contributed by atoms with Gasteiger partial charge in [-0.15, -0.1) is 0 Å². The molecule has 0 heterocycles. The van der Waals surface area contributed by atoms with Crippen molar-refractivity contribution in [2.24, 2.45) is 40.9 Å². The lowest BCUT2D eigenvalue weighted by Crippen LogP contribution is -2.88. The highest BCUT2D eigenvalue weighted by atomic mass is 16.3. The van der Waals surface area contributed by atoms with Gasteiger partial charge in [0.2, 0.25) is 0 Å². The second-order valence-electron chi connectivity index (χ2n) is 4.76. The molecule has 0 aromatic rings. The third-order valence-electron chi connectivity index (χ3n) is 4.21. The number of allylic oxidation sites excluding steroid dienone is 2. The molecular formula is C9H15N3O. The third kappa shape index (κ3) is 0.615. The predicted octanol–water partition coefficient (Wildman–Crippen LogP) is -1.30. The first-order valence-electron chi connectivity index (χ1n) is 4.73. The van der Waals surface area contributed by atoms with Gasteiger partial charge in [-0.1, -0.05) is 12.2 Å². The van der Waals surface area contributed by atoms with Crippen LogP contribution in [0.5, 0.6) is 0 Å². The van der Waals surface area contributed by atoms with Gasteiger partial charge in [0.05, 0.1) is 0 Å². The van der Waals surface area contributed by atoms with Crippen LogP contribution in [0.1, 0.15) is 6.42 Å². The molecule has 0 amide bonds. The normalized spacial score (nSPS) is 60.6. The summed E-state index contributed by atoms with van der Waals surface area (Å²) in [5.41, 5.74) is 15.0. The van der Waals surface area contributed by atoms with Crippen LogP contribution in [0.2, 0.25) is 0 Å². The Morgan fingerprint density at radius 3 is 2.15 bits per heavy atom. The summed E-state index contributed by atoms with van der Waals surface area (Å²) in [6.45, 7) is 0. The van der Waals surface area contributed by atoms with Gasteiger partial charge in [0.25, 0.3) is 0 Å². The second-order valence-corrected chi connectivity index (χ2v) is 4.76. The molecule has 5 unspecified atom stereocenters. The fourth-order valence-corrected chi connectivity index (χ4v) is 3.53. The van der Waals surface area contributed by atoms with Gasteiger partial charge in [-0.05, 0) is 18.3 Å². The lowest BCUT2D eigenvalue weighted by Gasteiger charge is -2.62. The molecule has 0 radical (unpaired) electrons. The first-order chi connectivity index (χ1) is 5.96. The molecular weight excluding hydrogens is 166 g/mol. The van der Waals surface area contributed by atoms with Crippen molar-refractivity contribution in [2.45, 2.75) is 17.8 Å². The van der Waals surface area contributed by atoms with Crippen molar-refractivity contribution in [1.29, 1.82) is 0 Å². The van der Waals surface area contributed by atoms with Crippen LogP contribution in [0.4, 0.5) is 0 Å². The van der Waals surface area contributed by atoms with E-state index in [-0.39, 0.29) is 11.8 Å². The van der Waals surface area contributed by atoms with E-state index < -0.39 is 11.4 Å². The number of rotatable bonds is 0. The maximum absolute atomic E-state index is 9.93. The van der Waals surface area contributed by atoms with Gasteiger partial charge in [-0.25, -0.2) is 0 Å². The largest absolute Gasteiger partial charge is 0.372 e. The average Bonchev–Trinajstić information content (AvgIpc) is 2.60. The molecule has 0 spiro atoms. The average molecular weight is 181 g/mol. The summed E-state index contributed by atoms with van der Waals surface area (Å²) in [5, 5.41) is 9.93. The Kier molecular flexibility index (Phi) is 1.12. The molecule has 4 heteroatoms. The van der Waals surface area contributed by atoms with Crippen molar-refractivity contribution in [3.63, 3.8) is 0 Å². The Hall–Kier alpha value is -0.420. The van der Waals surface area contributed by atoms with Crippen molar-refractivity contribution in [2.75, 3.05) is 0 Å². The molecule has 0 aliphatic heterocycles. The number of fused-ring (bicyclic) bond motifs is 5. The summed E-state index contributed by atoms with van der Waals surface area (Å²) in [6.07, 6.45) is 5.36. The van der Waals surface area contributed by atoms with E-state index in [4.69, 9.17) is 17.2 Å². The van der Waals surface area contributed by atoms with E-state index in [0.29, 0.717) is 11.8 Å². The lowest BCUT2D eigenvalue weighted by atomic mass is 9.54. The zero-order valence-corrected chi connectivity index (χ0v) is 7.35. The molecule has 13 heavy (non-hydrogen) atoms. The fraction of sp³-hybridized carbons (Fsp3) is 0.778. The Morgan fingerprint density at radius 2 is 1.62 bits per heavy atom. The monoisotopic (exact) mass is 181 g/mol. The maximum atomic E-state index is 9.93. The topological polar surface area (TPSA) is 98.3 Å². The Bertz CT molecular complexity index is 269. The zero-order chi connectivity index (χ0) is 9.43. The minimum atomic E-state index is -1.37. The van der Waals surface area contributed by atoms with Crippen molar-refractivity contribution < 1.29 is 5.11 Å². The van der Waals surface area contributed by atoms with Gasteiger partial charge in [-0.2, -0.15) is 0 Å². The molecule has 5 atom stereocenters. The van der Waals surface area contributed by atoms with E-state index in [1.807, 2.05) is 0 Å². The summed E-state index contributed by atoms with van der Waals surface area (Å²) >= 11 is 0. The molecule has 3 rings (SSSR count). The summed E-state index contributed by atoms with van der Waals surface area (Å²) in [5.74, 6) is 1.09. The van der Waals surface area contributed by atoms with E-state index in [1.54, 1.807) is 0 Å². The van der Waals surface area contributed by atoms with Crippen LogP contribution in [-0.2, 0) is 0 Å². The lowest BCUT2D eigenvalue weighted by molar-refractivity contribution is -0.211. The number of hydrogen-bond donors (Lipinski definition) is 4. The summed E-state index contributed by atoms with van der Waals surface area (Å²) in [6, 6.07) is 0. The summed E-state index contributed by atoms with van der Waals surface area (Å²) in [4.78, 5) is 0. The molecule has 7 N–H and O–H groups in total. The van der Waals surface area contributed by atoms with Crippen LogP contribution in [0.3, 0.4) is 0 Å². The van der Waals surface area contributed by atoms with Gasteiger partial charge >= 0.3 is 0 Å². The minimum absolute atomic E-state index is 0.0810. The second kappa shape index (κ2) is 1.83. The highest BCUT2D eigenvalue weighted by Crippen LogP contribution is 2.62. The minimum Gasteiger partial charge on any atom is -0.372 e. The number of nitrogens with two attached hydrogens (primary N) is 3. The summed E-state index contributed by atoms with van der Waals surface area (Å²) < 4.78 is 0. The van der Waals surface area contributed by atoms with E-state index in [9.17, 15) is 5.11 Å². The van der Waals surface area contributed by atoms with Crippen molar-refractivity contribution in [3.05, 3.63) is 12.2 Å². The Morgan fingerprint density at radius 1 is 1.08 bits per heavy atom. The van der Waals surface area contributed by atoms with Gasteiger partial charge in [0.15, 0.2) is 0 Å². The molecule has 2 saturated carbocycles. The molecule has 3 aliphatic carbocycles. The van der Waals surface area contributed by atoms with E-state index in [1.165, 1.54) is 0 Å². The van der Waals surface area contributed by atoms with Crippen molar-refractivity contribution >= 4 is 0 Å². The molecule has 3 aliphatic rings. The van der Waals surface area contributed by atoms with E-state index in [0.717, 1.165) is 6.42 Å². The van der Waals surface area contributed by atoms with E-state index >= 15 is 0 Å². The van der Waals surface area contributed by atoms with Crippen LogP contribution >= 0.6 is 0 Å². The van der Waals surface area contributed by atoms with Crippen LogP contribution in [0, 0.1) is 23.7 Å². The number of aliphatic hydroxyl groups is 1. The SMILES string of the molecule is NC1(N)C2C3C=CC(C3)C2C1(N)O. The molecule has 4 nitrogen and oxygen atoms in total. The Balaban J connectivity index is 2.04. The van der Waals surface area contributed by atoms with E-state index in [2.05, 4.69) is 12.2 Å². The first kappa shape index (κ1) is 7.94. The molecule has 2 bridgehead atoms. The van der Waals surface area contributed by atoms with Gasteiger partial charge in [0.1, 0.15) is 11.4 Å². The zero-order valence-electron chi connectivity index (χ0n) is 7.35.